The van der Waals surface area contributed by atoms with Crippen molar-refractivity contribution in [2.24, 2.45) is 5.10 Å². The lowest BCUT2D eigenvalue weighted by molar-refractivity contribution is -0.384. The molecule has 2 N–H and O–H groups in total. The van der Waals surface area contributed by atoms with Crippen LogP contribution >= 0.6 is 0 Å². The molecule has 0 fully saturated rings. The number of non-ortho nitro benzene ring substituents is 1. The highest BCUT2D eigenvalue weighted by Gasteiger charge is 2.10. The molecule has 0 aliphatic rings. The Morgan fingerprint density at radius 3 is 2.74 bits per heavy atom. The molecule has 2 rings (SSSR count). The zero-order valence-electron chi connectivity index (χ0n) is 15.3. The predicted molar refractivity (Wildman–Crippen MR) is 101 cm³/mol. The molecule has 0 bridgehead atoms. The summed E-state index contributed by atoms with van der Waals surface area (Å²) in [6.07, 6.45) is 1.13. The molecule has 2 aromatic rings. The molecular formula is C19H21N3O5. The van der Waals surface area contributed by atoms with Crippen molar-refractivity contribution in [2.45, 2.75) is 26.7 Å². The van der Waals surface area contributed by atoms with Gasteiger partial charge < -0.3 is 9.84 Å². The number of carbonyl (C=O) groups is 1. The van der Waals surface area contributed by atoms with Gasteiger partial charge in [-0.05, 0) is 36.1 Å². The van der Waals surface area contributed by atoms with E-state index in [2.05, 4.69) is 24.4 Å². The minimum atomic E-state index is -0.586. The lowest BCUT2D eigenvalue weighted by Crippen LogP contribution is -2.24. The maximum Gasteiger partial charge on any atom is 0.277 e. The summed E-state index contributed by atoms with van der Waals surface area (Å²) < 4.78 is 5.54. The summed E-state index contributed by atoms with van der Waals surface area (Å²) in [7, 11) is 0. The summed E-state index contributed by atoms with van der Waals surface area (Å²) in [6, 6.07) is 9.37. The zero-order valence-corrected chi connectivity index (χ0v) is 15.3. The van der Waals surface area contributed by atoms with E-state index in [1.165, 1.54) is 12.1 Å². The number of nitro benzene ring substituents is 1. The van der Waals surface area contributed by atoms with E-state index in [-0.39, 0.29) is 23.6 Å². The van der Waals surface area contributed by atoms with Gasteiger partial charge in [-0.15, -0.1) is 0 Å². The average Bonchev–Trinajstić information content (AvgIpc) is 2.62. The Labute approximate surface area is 156 Å². The molecular weight excluding hydrogens is 350 g/mol. The Kier molecular flexibility index (Phi) is 6.48. The van der Waals surface area contributed by atoms with Crippen molar-refractivity contribution < 1.29 is 19.6 Å². The minimum absolute atomic E-state index is 0.117. The first kappa shape index (κ1) is 19.9. The van der Waals surface area contributed by atoms with Crippen LogP contribution in [0.1, 0.15) is 36.5 Å². The fraction of sp³-hybridized carbons (Fsp3) is 0.263. The van der Waals surface area contributed by atoms with Crippen molar-refractivity contribution >= 4 is 17.8 Å². The van der Waals surface area contributed by atoms with Gasteiger partial charge in [-0.1, -0.05) is 26.0 Å². The van der Waals surface area contributed by atoms with Gasteiger partial charge in [0.1, 0.15) is 11.5 Å². The summed E-state index contributed by atoms with van der Waals surface area (Å²) in [5, 5.41) is 24.1. The highest BCUT2D eigenvalue weighted by molar-refractivity contribution is 5.86. The number of nitro groups is 1. The number of aromatic hydroxyl groups is 1. The van der Waals surface area contributed by atoms with Crippen molar-refractivity contribution in [3.8, 4) is 11.5 Å². The standard InChI is InChI=1S/C19H21N3O5/c1-12(2)14-5-4-13(3)18(9-14)27-11-19(24)21-20-10-15-8-16(22(25)26)6-7-17(15)23/h4-10,12,23H,11H2,1-3H3,(H,21,24)/b20-10+. The molecule has 27 heavy (non-hydrogen) atoms. The molecule has 0 unspecified atom stereocenters. The second kappa shape index (κ2) is 8.79. The van der Waals surface area contributed by atoms with Crippen molar-refractivity contribution in [3.63, 3.8) is 0 Å². The highest BCUT2D eigenvalue weighted by Crippen LogP contribution is 2.24. The second-order valence-corrected chi connectivity index (χ2v) is 6.26. The molecule has 0 saturated heterocycles. The summed E-state index contributed by atoms with van der Waals surface area (Å²) in [5.41, 5.74) is 4.21. The van der Waals surface area contributed by atoms with E-state index in [4.69, 9.17) is 4.74 Å². The van der Waals surface area contributed by atoms with Crippen LogP contribution in [0.3, 0.4) is 0 Å². The third-order valence-corrected chi connectivity index (χ3v) is 3.85. The molecule has 0 aliphatic heterocycles. The van der Waals surface area contributed by atoms with Crippen LogP contribution in [0.15, 0.2) is 41.5 Å². The van der Waals surface area contributed by atoms with Crippen molar-refractivity contribution in [1.29, 1.82) is 0 Å². The van der Waals surface area contributed by atoms with Crippen LogP contribution in [-0.4, -0.2) is 28.8 Å². The highest BCUT2D eigenvalue weighted by atomic mass is 16.6. The topological polar surface area (TPSA) is 114 Å². The molecule has 142 valence electrons. The van der Waals surface area contributed by atoms with Gasteiger partial charge in [-0.3, -0.25) is 14.9 Å². The fourth-order valence-electron chi connectivity index (χ4n) is 2.24. The zero-order chi connectivity index (χ0) is 20.0. The van der Waals surface area contributed by atoms with Crippen LogP contribution in [0.25, 0.3) is 0 Å². The summed E-state index contributed by atoms with van der Waals surface area (Å²) in [4.78, 5) is 22.0. The Bertz CT molecular complexity index is 878. The molecule has 0 saturated carbocycles. The number of hydrogen-bond acceptors (Lipinski definition) is 6. The Hall–Kier alpha value is -3.42. The van der Waals surface area contributed by atoms with Gasteiger partial charge in [-0.2, -0.15) is 5.10 Å². The van der Waals surface area contributed by atoms with E-state index in [1.807, 2.05) is 25.1 Å². The van der Waals surface area contributed by atoms with E-state index >= 15 is 0 Å². The maximum absolute atomic E-state index is 11.9. The van der Waals surface area contributed by atoms with E-state index in [0.29, 0.717) is 11.7 Å². The number of nitrogens with one attached hydrogen (secondary N) is 1. The Morgan fingerprint density at radius 2 is 2.07 bits per heavy atom. The third kappa shape index (κ3) is 5.53. The van der Waals surface area contributed by atoms with E-state index in [1.54, 1.807) is 0 Å². The quantitative estimate of drug-likeness (QED) is 0.440. The predicted octanol–water partition coefficient (Wildman–Crippen LogP) is 3.26. The Balaban J connectivity index is 1.95. The van der Waals surface area contributed by atoms with Gasteiger partial charge in [0.05, 0.1) is 11.1 Å². The molecule has 0 aliphatic carbocycles. The average molecular weight is 371 g/mol. The van der Waals surface area contributed by atoms with Gasteiger partial charge in [-0.25, -0.2) is 5.43 Å². The van der Waals surface area contributed by atoms with Gasteiger partial charge >= 0.3 is 0 Å². The number of hydrazone groups is 1. The van der Waals surface area contributed by atoms with Crippen LogP contribution in [0.2, 0.25) is 0 Å². The first-order valence-corrected chi connectivity index (χ1v) is 8.30. The lowest BCUT2D eigenvalue weighted by atomic mass is 10.0. The lowest BCUT2D eigenvalue weighted by Gasteiger charge is -2.12. The van der Waals surface area contributed by atoms with Crippen LogP contribution in [0, 0.1) is 17.0 Å². The minimum Gasteiger partial charge on any atom is -0.507 e. The number of hydrogen-bond donors (Lipinski definition) is 2. The van der Waals surface area contributed by atoms with Crippen LogP contribution in [0.5, 0.6) is 11.5 Å². The van der Waals surface area contributed by atoms with Gasteiger partial charge in [0.15, 0.2) is 6.61 Å². The first-order chi connectivity index (χ1) is 12.8. The summed E-state index contributed by atoms with van der Waals surface area (Å²) >= 11 is 0. The van der Waals surface area contributed by atoms with Crippen LogP contribution < -0.4 is 10.2 Å². The van der Waals surface area contributed by atoms with Gasteiger partial charge in [0, 0.05) is 17.7 Å². The SMILES string of the molecule is Cc1ccc(C(C)C)cc1OCC(=O)N/N=C/c1cc([N+](=O)[O-])ccc1O. The summed E-state index contributed by atoms with van der Waals surface area (Å²) in [6.45, 7) is 5.79. The van der Waals surface area contributed by atoms with E-state index in [9.17, 15) is 20.0 Å². The summed E-state index contributed by atoms with van der Waals surface area (Å²) in [5.74, 6) is 0.284. The number of ether oxygens (including phenoxy) is 1. The first-order valence-electron chi connectivity index (χ1n) is 8.30. The normalized spacial score (nSPS) is 11.0. The van der Waals surface area contributed by atoms with Crippen molar-refractivity contribution in [3.05, 3.63) is 63.2 Å². The Morgan fingerprint density at radius 1 is 1.33 bits per heavy atom. The number of rotatable bonds is 7. The molecule has 1 amide bonds. The van der Waals surface area contributed by atoms with Crippen LogP contribution in [-0.2, 0) is 4.79 Å². The number of nitrogens with zero attached hydrogens (tertiary/aromatic N) is 2. The van der Waals surface area contributed by atoms with Crippen molar-refractivity contribution in [2.75, 3.05) is 6.61 Å². The van der Waals surface area contributed by atoms with E-state index in [0.717, 1.165) is 23.4 Å². The molecule has 2 aromatic carbocycles. The fourth-order valence-corrected chi connectivity index (χ4v) is 2.24. The number of amides is 1. The molecule has 0 heterocycles. The molecule has 8 heteroatoms. The van der Waals surface area contributed by atoms with Gasteiger partial charge in [0.2, 0.25) is 0 Å². The largest absolute Gasteiger partial charge is 0.507 e. The number of phenolic OH excluding ortho intramolecular Hbond substituents is 1. The third-order valence-electron chi connectivity index (χ3n) is 3.85. The van der Waals surface area contributed by atoms with Crippen LogP contribution in [0.4, 0.5) is 5.69 Å². The smallest absolute Gasteiger partial charge is 0.277 e. The second-order valence-electron chi connectivity index (χ2n) is 6.26. The monoisotopic (exact) mass is 371 g/mol. The van der Waals surface area contributed by atoms with Gasteiger partial charge in [0.25, 0.3) is 11.6 Å². The molecule has 0 spiro atoms. The number of carbonyl (C=O) groups excluding carboxylic acids is 1. The molecule has 8 nitrogen and oxygen atoms in total. The number of benzene rings is 2. The molecule has 0 aromatic heterocycles. The number of aryl methyl sites for hydroxylation is 1. The molecule has 0 atom stereocenters. The number of phenols is 1. The van der Waals surface area contributed by atoms with E-state index < -0.39 is 10.8 Å². The van der Waals surface area contributed by atoms with Crippen molar-refractivity contribution in [1.82, 2.24) is 5.43 Å². The molecule has 0 radical (unpaired) electrons. The maximum atomic E-state index is 11.9.